The first-order chi connectivity index (χ1) is 8.33. The molecule has 0 spiro atoms. The molecule has 1 amide bonds. The van der Waals surface area contributed by atoms with Crippen LogP contribution in [0.1, 0.15) is 40.0 Å². The number of likely N-dealkylation sites (tertiary alicyclic amines) is 1. The Hall–Kier alpha value is -1.26. The van der Waals surface area contributed by atoms with E-state index in [1.54, 1.807) is 4.90 Å². The Bertz CT molecular complexity index is 309. The van der Waals surface area contributed by atoms with Gasteiger partial charge in [0.2, 0.25) is 0 Å². The number of nitrogens with zero attached hydrogens (tertiary/aromatic N) is 1. The largest absolute Gasteiger partial charge is 0.469 e. The molecule has 0 N–H and O–H groups in total. The summed E-state index contributed by atoms with van der Waals surface area (Å²) in [5.74, 6) is -0.476. The number of esters is 1. The van der Waals surface area contributed by atoms with Crippen molar-refractivity contribution in [3.63, 3.8) is 0 Å². The normalized spacial score (nSPS) is 21.1. The molecule has 0 radical (unpaired) electrons. The van der Waals surface area contributed by atoms with Gasteiger partial charge in [0.15, 0.2) is 0 Å². The van der Waals surface area contributed by atoms with Crippen molar-refractivity contribution in [1.82, 2.24) is 4.90 Å². The molecule has 0 aliphatic carbocycles. The summed E-state index contributed by atoms with van der Waals surface area (Å²) in [7, 11) is 1.38. The maximum Gasteiger partial charge on any atom is 0.410 e. The van der Waals surface area contributed by atoms with Crippen molar-refractivity contribution in [3.05, 3.63) is 0 Å². The lowest BCUT2D eigenvalue weighted by atomic mass is 10.0. The Balaban J connectivity index is 2.64. The van der Waals surface area contributed by atoms with Crippen molar-refractivity contribution in [2.24, 2.45) is 5.92 Å². The maximum absolute atomic E-state index is 12.0. The third-order valence-electron chi connectivity index (χ3n) is 2.86. The molecule has 1 fully saturated rings. The van der Waals surface area contributed by atoms with Crippen LogP contribution in [0.15, 0.2) is 0 Å². The second-order valence-electron chi connectivity index (χ2n) is 5.64. The van der Waals surface area contributed by atoms with Gasteiger partial charge in [-0.3, -0.25) is 4.79 Å². The molecule has 1 saturated heterocycles. The van der Waals surface area contributed by atoms with E-state index in [2.05, 4.69) is 0 Å². The first-order valence-corrected chi connectivity index (χ1v) is 6.39. The zero-order valence-electron chi connectivity index (χ0n) is 11.7. The van der Waals surface area contributed by atoms with Crippen LogP contribution in [0.2, 0.25) is 0 Å². The van der Waals surface area contributed by atoms with Crippen LogP contribution in [-0.4, -0.2) is 42.8 Å². The molecule has 5 nitrogen and oxygen atoms in total. The molecule has 1 heterocycles. The molecule has 18 heavy (non-hydrogen) atoms. The van der Waals surface area contributed by atoms with E-state index in [1.165, 1.54) is 7.11 Å². The molecule has 0 saturated carbocycles. The first-order valence-electron chi connectivity index (χ1n) is 6.39. The van der Waals surface area contributed by atoms with Crippen LogP contribution in [0, 0.1) is 5.92 Å². The highest BCUT2D eigenvalue weighted by Gasteiger charge is 2.29. The molecule has 1 aliphatic rings. The average molecular weight is 257 g/mol. The lowest BCUT2D eigenvalue weighted by molar-refractivity contribution is -0.146. The molecular formula is C13H23NO4. The van der Waals surface area contributed by atoms with Gasteiger partial charge in [0.25, 0.3) is 0 Å². The number of amides is 1. The molecule has 0 bridgehead atoms. The van der Waals surface area contributed by atoms with Gasteiger partial charge in [-0.15, -0.1) is 0 Å². The molecule has 104 valence electrons. The van der Waals surface area contributed by atoms with Gasteiger partial charge in [-0.2, -0.15) is 0 Å². The highest BCUT2D eigenvalue weighted by molar-refractivity contribution is 5.74. The highest BCUT2D eigenvalue weighted by Crippen LogP contribution is 2.19. The van der Waals surface area contributed by atoms with E-state index >= 15 is 0 Å². The summed E-state index contributed by atoms with van der Waals surface area (Å²) in [6, 6.07) is 0. The number of hydrogen-bond acceptors (Lipinski definition) is 4. The number of methoxy groups -OCH3 is 1. The predicted molar refractivity (Wildman–Crippen MR) is 67.2 cm³/mol. The number of hydrogen-bond donors (Lipinski definition) is 0. The molecule has 5 heteroatoms. The fraction of sp³-hybridized carbons (Fsp3) is 0.846. The van der Waals surface area contributed by atoms with E-state index in [0.717, 1.165) is 19.3 Å². The standard InChI is InChI=1S/C13H23NO4/c1-13(2,3)18-12(16)14-8-6-5-7-10(9-14)11(15)17-4/h10H,5-9H2,1-4H3/t10-/m0/s1. The minimum atomic E-state index is -0.510. The van der Waals surface area contributed by atoms with Crippen LogP contribution in [0.3, 0.4) is 0 Å². The van der Waals surface area contributed by atoms with Crippen LogP contribution in [-0.2, 0) is 14.3 Å². The fourth-order valence-corrected chi connectivity index (χ4v) is 1.99. The van der Waals surface area contributed by atoms with Gasteiger partial charge in [-0.25, -0.2) is 4.79 Å². The van der Waals surface area contributed by atoms with Crippen molar-refractivity contribution >= 4 is 12.1 Å². The third-order valence-corrected chi connectivity index (χ3v) is 2.86. The summed E-state index contributed by atoms with van der Waals surface area (Å²) in [4.78, 5) is 25.2. The molecule has 1 atom stereocenters. The summed E-state index contributed by atoms with van der Waals surface area (Å²) in [5.41, 5.74) is -0.510. The molecule has 0 aromatic carbocycles. The first kappa shape index (κ1) is 14.8. The van der Waals surface area contributed by atoms with Crippen molar-refractivity contribution in [2.45, 2.75) is 45.6 Å². The Kier molecular flexibility index (Phi) is 4.99. The summed E-state index contributed by atoms with van der Waals surface area (Å²) < 4.78 is 10.1. The molecular weight excluding hydrogens is 234 g/mol. The lowest BCUT2D eigenvalue weighted by Crippen LogP contribution is -2.40. The minimum Gasteiger partial charge on any atom is -0.469 e. The van der Waals surface area contributed by atoms with Gasteiger partial charge >= 0.3 is 12.1 Å². The number of carbonyl (C=O) groups is 2. The lowest BCUT2D eigenvalue weighted by Gasteiger charge is -2.27. The molecule has 1 rings (SSSR count). The van der Waals surface area contributed by atoms with Gasteiger partial charge in [0.1, 0.15) is 5.60 Å². The molecule has 1 aliphatic heterocycles. The minimum absolute atomic E-state index is 0.231. The summed E-state index contributed by atoms with van der Waals surface area (Å²) in [6.07, 6.45) is 2.25. The van der Waals surface area contributed by atoms with E-state index in [4.69, 9.17) is 9.47 Å². The summed E-state index contributed by atoms with van der Waals surface area (Å²) >= 11 is 0. The van der Waals surface area contributed by atoms with E-state index < -0.39 is 5.60 Å². The Morgan fingerprint density at radius 1 is 1.22 bits per heavy atom. The van der Waals surface area contributed by atoms with Crippen molar-refractivity contribution < 1.29 is 19.1 Å². The van der Waals surface area contributed by atoms with Crippen molar-refractivity contribution in [1.29, 1.82) is 0 Å². The summed E-state index contributed by atoms with van der Waals surface area (Å²) in [6.45, 7) is 6.53. The van der Waals surface area contributed by atoms with Gasteiger partial charge < -0.3 is 14.4 Å². The Morgan fingerprint density at radius 3 is 2.44 bits per heavy atom. The smallest absolute Gasteiger partial charge is 0.410 e. The number of carbonyl (C=O) groups excluding carboxylic acids is 2. The van der Waals surface area contributed by atoms with Gasteiger partial charge in [0, 0.05) is 13.1 Å². The van der Waals surface area contributed by atoms with Crippen LogP contribution in [0.25, 0.3) is 0 Å². The molecule has 0 aromatic rings. The van der Waals surface area contributed by atoms with Crippen LogP contribution in [0.5, 0.6) is 0 Å². The van der Waals surface area contributed by atoms with E-state index in [1.807, 2.05) is 20.8 Å². The highest BCUT2D eigenvalue weighted by atomic mass is 16.6. The fourth-order valence-electron chi connectivity index (χ4n) is 1.99. The van der Waals surface area contributed by atoms with E-state index in [0.29, 0.717) is 13.1 Å². The molecule has 0 unspecified atom stereocenters. The second-order valence-corrected chi connectivity index (χ2v) is 5.64. The van der Waals surface area contributed by atoms with Crippen LogP contribution < -0.4 is 0 Å². The van der Waals surface area contributed by atoms with Crippen LogP contribution >= 0.6 is 0 Å². The maximum atomic E-state index is 12.0. The van der Waals surface area contributed by atoms with Gasteiger partial charge in [-0.05, 0) is 33.6 Å². The zero-order chi connectivity index (χ0) is 13.8. The topological polar surface area (TPSA) is 55.8 Å². The molecule has 0 aromatic heterocycles. The monoisotopic (exact) mass is 257 g/mol. The third kappa shape index (κ3) is 4.55. The Morgan fingerprint density at radius 2 is 1.89 bits per heavy atom. The van der Waals surface area contributed by atoms with Gasteiger partial charge in [0.05, 0.1) is 13.0 Å². The van der Waals surface area contributed by atoms with E-state index in [9.17, 15) is 9.59 Å². The zero-order valence-corrected chi connectivity index (χ0v) is 11.7. The number of ether oxygens (including phenoxy) is 2. The van der Waals surface area contributed by atoms with Crippen molar-refractivity contribution in [2.75, 3.05) is 20.2 Å². The number of rotatable bonds is 1. The van der Waals surface area contributed by atoms with Crippen LogP contribution in [0.4, 0.5) is 4.79 Å². The summed E-state index contributed by atoms with van der Waals surface area (Å²) in [5, 5.41) is 0. The SMILES string of the molecule is COC(=O)[C@H]1CCCCN(C(=O)OC(C)(C)C)C1. The average Bonchev–Trinajstić information content (AvgIpc) is 2.51. The quantitative estimate of drug-likeness (QED) is 0.676. The Labute approximate surface area is 108 Å². The predicted octanol–water partition coefficient (Wildman–Crippen LogP) is 2.20. The second kappa shape index (κ2) is 6.07. The van der Waals surface area contributed by atoms with Crippen molar-refractivity contribution in [3.8, 4) is 0 Å². The van der Waals surface area contributed by atoms with Gasteiger partial charge in [-0.1, -0.05) is 6.42 Å². The van der Waals surface area contributed by atoms with E-state index in [-0.39, 0.29) is 18.0 Å².